The summed E-state index contributed by atoms with van der Waals surface area (Å²) >= 11 is 0. The fourth-order valence-electron chi connectivity index (χ4n) is 3.53. The normalized spacial score (nSPS) is 12.3. The predicted octanol–water partition coefficient (Wildman–Crippen LogP) is 5.21. The Labute approximate surface area is 209 Å². The summed E-state index contributed by atoms with van der Waals surface area (Å²) in [6, 6.07) is 21.3. The second kappa shape index (κ2) is 11.4. The van der Waals surface area contributed by atoms with Crippen molar-refractivity contribution in [1.82, 2.24) is 5.32 Å². The zero-order valence-corrected chi connectivity index (χ0v) is 21.8. The maximum atomic E-state index is 13.5. The van der Waals surface area contributed by atoms with Gasteiger partial charge in [0, 0.05) is 0 Å². The summed E-state index contributed by atoms with van der Waals surface area (Å²) in [5.41, 5.74) is 3.62. The largest absolute Gasteiger partial charge is 0.491 e. The summed E-state index contributed by atoms with van der Waals surface area (Å²) in [4.78, 5) is 13.1. The van der Waals surface area contributed by atoms with E-state index in [1.54, 1.807) is 36.4 Å². The van der Waals surface area contributed by atoms with Gasteiger partial charge in [0.2, 0.25) is 5.91 Å². The number of rotatable bonds is 10. The average Bonchev–Trinajstić information content (AvgIpc) is 2.82. The van der Waals surface area contributed by atoms with Crippen LogP contribution in [0.15, 0.2) is 77.7 Å². The zero-order valence-electron chi connectivity index (χ0n) is 21.0. The van der Waals surface area contributed by atoms with Crippen molar-refractivity contribution < 1.29 is 17.9 Å². The minimum atomic E-state index is -3.95. The highest BCUT2D eigenvalue weighted by Crippen LogP contribution is 2.26. The molecular weight excluding hydrogens is 460 g/mol. The van der Waals surface area contributed by atoms with Crippen LogP contribution in [-0.2, 0) is 14.8 Å². The molecule has 0 aliphatic carbocycles. The Bertz CT molecular complexity index is 1220. The lowest BCUT2D eigenvalue weighted by Gasteiger charge is -2.25. The van der Waals surface area contributed by atoms with Crippen molar-refractivity contribution in [2.24, 2.45) is 0 Å². The molecule has 0 aromatic heterocycles. The first-order valence-electron chi connectivity index (χ1n) is 11.7. The van der Waals surface area contributed by atoms with Crippen LogP contribution in [0.3, 0.4) is 0 Å². The lowest BCUT2D eigenvalue weighted by Crippen LogP contribution is -2.45. The minimum Gasteiger partial charge on any atom is -0.491 e. The number of anilines is 1. The smallest absolute Gasteiger partial charge is 0.264 e. The monoisotopic (exact) mass is 494 g/mol. The summed E-state index contributed by atoms with van der Waals surface area (Å²) in [7, 11) is -3.95. The Hall–Kier alpha value is -3.32. The van der Waals surface area contributed by atoms with Gasteiger partial charge in [-0.3, -0.25) is 9.10 Å². The first-order chi connectivity index (χ1) is 16.6. The highest BCUT2D eigenvalue weighted by molar-refractivity contribution is 7.92. The summed E-state index contributed by atoms with van der Waals surface area (Å²) in [5.74, 6) is 0.614. The van der Waals surface area contributed by atoms with E-state index in [0.717, 1.165) is 21.0 Å². The molecule has 0 spiro atoms. The second-order valence-electron chi connectivity index (χ2n) is 9.16. The Morgan fingerprint density at radius 1 is 0.857 bits per heavy atom. The van der Waals surface area contributed by atoms with Gasteiger partial charge in [-0.15, -0.1) is 0 Å². The molecule has 186 valence electrons. The van der Waals surface area contributed by atoms with E-state index in [9.17, 15) is 13.2 Å². The van der Waals surface area contributed by atoms with Gasteiger partial charge in [-0.25, -0.2) is 8.42 Å². The fourth-order valence-corrected chi connectivity index (χ4v) is 4.95. The van der Waals surface area contributed by atoms with E-state index in [0.29, 0.717) is 17.4 Å². The van der Waals surface area contributed by atoms with E-state index in [-0.39, 0.29) is 24.1 Å². The highest BCUT2D eigenvalue weighted by atomic mass is 32.2. The molecular formula is C28H34N2O4S. The molecule has 1 amide bonds. The van der Waals surface area contributed by atoms with Crippen molar-refractivity contribution in [3.05, 3.63) is 89.5 Å². The molecule has 6 nitrogen and oxygen atoms in total. The van der Waals surface area contributed by atoms with Gasteiger partial charge in [0.25, 0.3) is 10.0 Å². The predicted molar refractivity (Wildman–Crippen MR) is 141 cm³/mol. The molecule has 0 aliphatic rings. The van der Waals surface area contributed by atoms with Gasteiger partial charge in [-0.05, 0) is 68.7 Å². The summed E-state index contributed by atoms with van der Waals surface area (Å²) in [6.45, 7) is 9.79. The topological polar surface area (TPSA) is 75.7 Å². The fraction of sp³-hybridized carbons (Fsp3) is 0.321. The third-order valence-corrected chi connectivity index (χ3v) is 7.46. The van der Waals surface area contributed by atoms with E-state index in [2.05, 4.69) is 19.2 Å². The molecule has 3 rings (SSSR count). The quantitative estimate of drug-likeness (QED) is 0.420. The number of hydrogen-bond donors (Lipinski definition) is 1. The van der Waals surface area contributed by atoms with E-state index >= 15 is 0 Å². The summed E-state index contributed by atoms with van der Waals surface area (Å²) in [6.07, 6.45) is 0. The Morgan fingerprint density at radius 2 is 1.40 bits per heavy atom. The molecule has 1 atom stereocenters. The Morgan fingerprint density at radius 3 is 1.94 bits per heavy atom. The van der Waals surface area contributed by atoms with Gasteiger partial charge in [-0.2, -0.15) is 0 Å². The second-order valence-corrected chi connectivity index (χ2v) is 11.0. The lowest BCUT2D eigenvalue weighted by atomic mass is 10.0. The van der Waals surface area contributed by atoms with Crippen LogP contribution in [0.1, 0.15) is 43.4 Å². The number of amides is 1. The van der Waals surface area contributed by atoms with Crippen molar-refractivity contribution in [2.45, 2.75) is 51.5 Å². The molecule has 0 bridgehead atoms. The van der Waals surface area contributed by atoms with E-state index < -0.39 is 15.9 Å². The number of carbonyl (C=O) groups is 1. The van der Waals surface area contributed by atoms with Crippen LogP contribution >= 0.6 is 0 Å². The number of aryl methyl sites for hydroxylation is 2. The van der Waals surface area contributed by atoms with Gasteiger partial charge < -0.3 is 10.1 Å². The SMILES string of the molecule is Cc1ccc(OCC(C)NC(=O)CN(c2ccc(C(C)C)cc2)S(=O)(=O)c2ccc(C)cc2)cc1. The van der Waals surface area contributed by atoms with Crippen molar-refractivity contribution >= 4 is 21.6 Å². The molecule has 0 fully saturated rings. The van der Waals surface area contributed by atoms with Crippen LogP contribution in [0.25, 0.3) is 0 Å². The van der Waals surface area contributed by atoms with Crippen molar-refractivity contribution in [2.75, 3.05) is 17.5 Å². The molecule has 1 unspecified atom stereocenters. The molecule has 3 aromatic carbocycles. The van der Waals surface area contributed by atoms with Crippen LogP contribution in [-0.4, -0.2) is 33.5 Å². The maximum absolute atomic E-state index is 13.5. The number of carbonyl (C=O) groups excluding carboxylic acids is 1. The molecule has 3 aromatic rings. The van der Waals surface area contributed by atoms with Gasteiger partial charge >= 0.3 is 0 Å². The zero-order chi connectivity index (χ0) is 25.6. The number of ether oxygens (including phenoxy) is 1. The third-order valence-electron chi connectivity index (χ3n) is 5.67. The number of hydrogen-bond acceptors (Lipinski definition) is 4. The standard InChI is InChI=1S/C28H34N2O4S/c1-20(2)24-10-12-25(13-11-24)30(35(32,33)27-16-8-22(4)9-17-27)18-28(31)29-23(5)19-34-26-14-6-21(3)7-15-26/h6-17,20,23H,18-19H2,1-5H3,(H,29,31). The van der Waals surface area contributed by atoms with Gasteiger partial charge in [-0.1, -0.05) is 61.4 Å². The van der Waals surface area contributed by atoms with Gasteiger partial charge in [0.1, 0.15) is 18.9 Å². The van der Waals surface area contributed by atoms with Gasteiger partial charge in [0.05, 0.1) is 16.6 Å². The Balaban J connectivity index is 1.77. The van der Waals surface area contributed by atoms with Crippen LogP contribution in [0.2, 0.25) is 0 Å². The number of sulfonamides is 1. The minimum absolute atomic E-state index is 0.139. The summed E-state index contributed by atoms with van der Waals surface area (Å²) in [5, 5.41) is 2.85. The number of benzene rings is 3. The van der Waals surface area contributed by atoms with Crippen LogP contribution < -0.4 is 14.4 Å². The van der Waals surface area contributed by atoms with Crippen LogP contribution in [0.4, 0.5) is 5.69 Å². The molecule has 0 aliphatic heterocycles. The first kappa shape index (κ1) is 26.3. The van der Waals surface area contributed by atoms with E-state index in [1.807, 2.05) is 57.2 Å². The van der Waals surface area contributed by atoms with Gasteiger partial charge in [0.15, 0.2) is 0 Å². The molecule has 1 N–H and O–H groups in total. The first-order valence-corrected chi connectivity index (χ1v) is 13.2. The van der Waals surface area contributed by atoms with Crippen LogP contribution in [0.5, 0.6) is 5.75 Å². The summed E-state index contributed by atoms with van der Waals surface area (Å²) < 4.78 is 34.0. The van der Waals surface area contributed by atoms with E-state index in [1.165, 1.54) is 0 Å². The molecule has 0 heterocycles. The lowest BCUT2D eigenvalue weighted by molar-refractivity contribution is -0.120. The average molecular weight is 495 g/mol. The third kappa shape index (κ3) is 7.09. The van der Waals surface area contributed by atoms with E-state index in [4.69, 9.17) is 4.74 Å². The molecule has 35 heavy (non-hydrogen) atoms. The van der Waals surface area contributed by atoms with Crippen molar-refractivity contribution in [3.63, 3.8) is 0 Å². The molecule has 0 saturated heterocycles. The molecule has 7 heteroatoms. The molecule has 0 saturated carbocycles. The molecule has 0 radical (unpaired) electrons. The number of nitrogens with zero attached hydrogens (tertiary/aromatic N) is 1. The van der Waals surface area contributed by atoms with Crippen molar-refractivity contribution in [3.8, 4) is 5.75 Å². The van der Waals surface area contributed by atoms with Crippen molar-refractivity contribution in [1.29, 1.82) is 0 Å². The number of nitrogens with one attached hydrogen (secondary N) is 1. The van der Waals surface area contributed by atoms with Crippen LogP contribution in [0, 0.1) is 13.8 Å². The Kier molecular flexibility index (Phi) is 8.57. The highest BCUT2D eigenvalue weighted by Gasteiger charge is 2.27. The maximum Gasteiger partial charge on any atom is 0.264 e.